The molecule has 168 valence electrons. The second-order valence-electron chi connectivity index (χ2n) is 9.65. The van der Waals surface area contributed by atoms with Crippen LogP contribution in [0.1, 0.15) is 99.3 Å². The average Bonchev–Trinajstić information content (AvgIpc) is 3.26. The Morgan fingerprint density at radius 3 is 2.48 bits per heavy atom. The van der Waals surface area contributed by atoms with Crippen LogP contribution in [0.2, 0.25) is 0 Å². The van der Waals surface area contributed by atoms with Crippen LogP contribution in [0.5, 0.6) is 0 Å². The first-order valence-electron chi connectivity index (χ1n) is 11.2. The van der Waals surface area contributed by atoms with E-state index < -0.39 is 11.9 Å². The lowest BCUT2D eigenvalue weighted by Crippen LogP contribution is -2.24. The summed E-state index contributed by atoms with van der Waals surface area (Å²) in [5, 5.41) is 20.3. The predicted octanol–water partition coefficient (Wildman–Crippen LogP) is 4.98. The lowest BCUT2D eigenvalue weighted by atomic mass is 9.69. The Morgan fingerprint density at radius 2 is 1.90 bits per heavy atom. The molecule has 2 aliphatic rings. The van der Waals surface area contributed by atoms with Crippen molar-refractivity contribution >= 4 is 17.7 Å². The number of amides is 1. The Kier molecular flexibility index (Phi) is 6.16. The summed E-state index contributed by atoms with van der Waals surface area (Å²) >= 11 is 0. The minimum absolute atomic E-state index is 0.00451. The summed E-state index contributed by atoms with van der Waals surface area (Å²) in [4.78, 5) is 24.2. The lowest BCUT2D eigenvalue weighted by molar-refractivity contribution is -0.137. The van der Waals surface area contributed by atoms with Crippen molar-refractivity contribution in [3.05, 3.63) is 28.8 Å². The minimum atomic E-state index is -0.956. The molecule has 2 aromatic rings. The van der Waals surface area contributed by atoms with Crippen molar-refractivity contribution in [3.8, 4) is 0 Å². The fourth-order valence-electron chi connectivity index (χ4n) is 4.82. The maximum atomic E-state index is 12.6. The molecule has 8 nitrogen and oxygen atoms in total. The summed E-state index contributed by atoms with van der Waals surface area (Å²) < 4.78 is 10.8. The maximum absolute atomic E-state index is 12.6. The van der Waals surface area contributed by atoms with Crippen LogP contribution >= 0.6 is 0 Å². The number of carboxylic acid groups (broad SMARTS) is 1. The molecule has 2 saturated carbocycles. The molecule has 0 radical (unpaired) electrons. The Hall–Kier alpha value is -2.64. The van der Waals surface area contributed by atoms with Gasteiger partial charge in [-0.2, -0.15) is 0 Å². The highest BCUT2D eigenvalue weighted by atomic mass is 16.5. The van der Waals surface area contributed by atoms with E-state index in [9.17, 15) is 14.7 Å². The van der Waals surface area contributed by atoms with Crippen LogP contribution in [0.3, 0.4) is 0 Å². The number of rotatable bonds is 10. The fraction of sp³-hybridized carbons (Fsp3) is 0.652. The van der Waals surface area contributed by atoms with Gasteiger partial charge in [-0.3, -0.25) is 9.59 Å². The molecular weight excluding hydrogens is 398 g/mol. The smallest absolute Gasteiger partial charge is 0.304 e. The molecule has 31 heavy (non-hydrogen) atoms. The molecule has 1 atom stereocenters. The van der Waals surface area contributed by atoms with Crippen LogP contribution in [0, 0.1) is 18.8 Å². The second-order valence-corrected chi connectivity index (χ2v) is 9.65. The largest absolute Gasteiger partial charge is 0.481 e. The van der Waals surface area contributed by atoms with Crippen LogP contribution < -0.4 is 5.32 Å². The highest BCUT2D eigenvalue weighted by Crippen LogP contribution is 2.52. The average molecular weight is 430 g/mol. The van der Waals surface area contributed by atoms with Crippen molar-refractivity contribution in [2.45, 2.75) is 83.5 Å². The van der Waals surface area contributed by atoms with Gasteiger partial charge in [-0.05, 0) is 56.8 Å². The fourth-order valence-corrected chi connectivity index (χ4v) is 4.82. The number of carboxylic acids is 1. The van der Waals surface area contributed by atoms with Gasteiger partial charge in [0.25, 0.3) is 0 Å². The second kappa shape index (κ2) is 8.85. The van der Waals surface area contributed by atoms with Crippen LogP contribution in [0.15, 0.2) is 15.1 Å². The summed E-state index contributed by atoms with van der Waals surface area (Å²) in [5.41, 5.74) is 1.73. The zero-order valence-corrected chi connectivity index (χ0v) is 18.4. The summed E-state index contributed by atoms with van der Waals surface area (Å²) in [6.45, 7) is 6.23. The van der Waals surface area contributed by atoms with Crippen molar-refractivity contribution in [2.75, 3.05) is 5.32 Å². The molecule has 1 amide bonds. The number of anilines is 1. The van der Waals surface area contributed by atoms with E-state index in [2.05, 4.69) is 29.5 Å². The highest BCUT2D eigenvalue weighted by molar-refractivity contribution is 5.90. The quantitative estimate of drug-likeness (QED) is 0.547. The maximum Gasteiger partial charge on any atom is 0.304 e. The van der Waals surface area contributed by atoms with Crippen molar-refractivity contribution in [2.24, 2.45) is 11.8 Å². The van der Waals surface area contributed by atoms with Crippen molar-refractivity contribution in [3.63, 3.8) is 0 Å². The molecule has 0 saturated heterocycles. The van der Waals surface area contributed by atoms with Gasteiger partial charge in [-0.15, -0.1) is 0 Å². The molecule has 2 aliphatic carbocycles. The van der Waals surface area contributed by atoms with Gasteiger partial charge in [-0.1, -0.05) is 24.2 Å². The third-order valence-electron chi connectivity index (χ3n) is 6.32. The molecule has 0 unspecified atom stereocenters. The van der Waals surface area contributed by atoms with Crippen LogP contribution in [0.25, 0.3) is 0 Å². The SMILES string of the molecule is Cc1cc(NC(=O)C[C@H](CC(=O)O)c2noc([C@H]3C[C@@H](CC(C)C)C3)c2C2CC2)no1. The van der Waals surface area contributed by atoms with E-state index in [-0.39, 0.29) is 18.7 Å². The Morgan fingerprint density at radius 1 is 1.16 bits per heavy atom. The first-order valence-corrected chi connectivity index (χ1v) is 11.2. The van der Waals surface area contributed by atoms with Crippen LogP contribution in [-0.2, 0) is 9.59 Å². The van der Waals surface area contributed by atoms with Crippen molar-refractivity contribution in [1.82, 2.24) is 10.3 Å². The van der Waals surface area contributed by atoms with Gasteiger partial charge < -0.3 is 19.5 Å². The van der Waals surface area contributed by atoms with Crippen molar-refractivity contribution < 1.29 is 23.7 Å². The monoisotopic (exact) mass is 429 g/mol. The van der Waals surface area contributed by atoms with Gasteiger partial charge in [0.2, 0.25) is 5.91 Å². The number of aliphatic carboxylic acids is 1. The molecule has 2 aromatic heterocycles. The molecule has 0 aromatic carbocycles. The van der Waals surface area contributed by atoms with Gasteiger partial charge in [0.05, 0.1) is 12.1 Å². The molecule has 4 rings (SSSR count). The number of hydrogen-bond acceptors (Lipinski definition) is 6. The third kappa shape index (κ3) is 5.17. The summed E-state index contributed by atoms with van der Waals surface area (Å²) in [6, 6.07) is 1.62. The molecule has 0 spiro atoms. The number of aryl methyl sites for hydroxylation is 1. The minimum Gasteiger partial charge on any atom is -0.481 e. The zero-order chi connectivity index (χ0) is 22.1. The van der Waals surface area contributed by atoms with E-state index in [0.717, 1.165) is 42.9 Å². The van der Waals surface area contributed by atoms with E-state index in [4.69, 9.17) is 9.05 Å². The van der Waals surface area contributed by atoms with E-state index in [1.54, 1.807) is 13.0 Å². The molecular formula is C23H31N3O5. The molecule has 2 N–H and O–H groups in total. The Balaban J connectivity index is 1.51. The molecule has 2 heterocycles. The molecule has 0 bridgehead atoms. The number of hydrogen-bond donors (Lipinski definition) is 2. The van der Waals surface area contributed by atoms with E-state index in [1.165, 1.54) is 6.42 Å². The summed E-state index contributed by atoms with van der Waals surface area (Å²) in [7, 11) is 0. The van der Waals surface area contributed by atoms with Gasteiger partial charge in [0.15, 0.2) is 5.82 Å². The highest BCUT2D eigenvalue weighted by Gasteiger charge is 2.42. The number of carbonyl (C=O) groups is 2. The summed E-state index contributed by atoms with van der Waals surface area (Å²) in [6.07, 6.45) is 5.38. The van der Waals surface area contributed by atoms with Crippen LogP contribution in [-0.4, -0.2) is 27.3 Å². The topological polar surface area (TPSA) is 118 Å². The molecule has 8 heteroatoms. The number of nitrogens with zero attached hydrogens (tertiary/aromatic N) is 2. The summed E-state index contributed by atoms with van der Waals surface area (Å²) in [5.74, 6) is 2.18. The predicted molar refractivity (Wildman–Crippen MR) is 113 cm³/mol. The lowest BCUT2D eigenvalue weighted by Gasteiger charge is -2.35. The Bertz CT molecular complexity index is 937. The van der Waals surface area contributed by atoms with Gasteiger partial charge >= 0.3 is 5.97 Å². The molecule has 0 aliphatic heterocycles. The molecule has 2 fully saturated rings. The first kappa shape index (κ1) is 21.6. The number of carbonyl (C=O) groups excluding carboxylic acids is 1. The van der Waals surface area contributed by atoms with E-state index >= 15 is 0 Å². The first-order chi connectivity index (χ1) is 14.8. The van der Waals surface area contributed by atoms with E-state index in [0.29, 0.717) is 35.0 Å². The standard InChI is InChI=1S/C23H31N3O5/c1-12(2)6-14-8-17(9-14)23-21(15-4-5-15)22(26-31-23)16(11-20(28)29)10-19(27)24-18-7-13(3)30-25-18/h7,12,14-17H,4-6,8-11H2,1-3H3,(H,28,29)(H,24,25,27)/t14-,16-,17+/m1/s1. The Labute approximate surface area is 181 Å². The van der Waals surface area contributed by atoms with E-state index in [1.807, 2.05) is 0 Å². The third-order valence-corrected chi connectivity index (χ3v) is 6.32. The number of nitrogens with one attached hydrogen (secondary N) is 1. The van der Waals surface area contributed by atoms with Crippen molar-refractivity contribution in [1.29, 1.82) is 0 Å². The normalized spacial score (nSPS) is 21.7. The number of aromatic nitrogens is 2. The van der Waals surface area contributed by atoms with Gasteiger partial charge in [0, 0.05) is 29.9 Å². The van der Waals surface area contributed by atoms with Crippen LogP contribution in [0.4, 0.5) is 5.82 Å². The van der Waals surface area contributed by atoms with Gasteiger partial charge in [0.1, 0.15) is 11.5 Å². The zero-order valence-electron chi connectivity index (χ0n) is 18.4. The van der Waals surface area contributed by atoms with Gasteiger partial charge in [-0.25, -0.2) is 0 Å².